The van der Waals surface area contributed by atoms with E-state index in [-0.39, 0.29) is 0 Å². The van der Waals surface area contributed by atoms with Crippen LogP contribution in [0.15, 0.2) is 34.9 Å². The molecule has 0 aliphatic carbocycles. The number of fused-ring (bicyclic) bond motifs is 3. The first kappa shape index (κ1) is 15.9. The average Bonchev–Trinajstić information content (AvgIpc) is 3.06. The number of nitrogens with one attached hydrogen (secondary N) is 1. The smallest absolute Gasteiger partial charge is 0.126 e. The summed E-state index contributed by atoms with van der Waals surface area (Å²) in [4.78, 5) is 2.45. The minimum absolute atomic E-state index is 0.494. The fraction of sp³-hybridized carbons (Fsp3) is 0.421. The highest BCUT2D eigenvalue weighted by molar-refractivity contribution is 9.10. The van der Waals surface area contributed by atoms with Crippen LogP contribution in [0.1, 0.15) is 30.4 Å². The Morgan fingerprint density at radius 3 is 2.83 bits per heavy atom. The van der Waals surface area contributed by atoms with Crippen molar-refractivity contribution < 1.29 is 0 Å². The standard InChI is InChI=1S/C19H23BrN4/c1-13-3-4-19(23-9-7-21-8-10-23)24-18(5-6-22-24)16-12-17(20)14(2)11-15(13)16/h4-6,11-13,21H,3,7-10H2,1-2H3. The Hall–Kier alpha value is -1.59. The van der Waals surface area contributed by atoms with Crippen LogP contribution in [0.25, 0.3) is 17.1 Å². The first-order valence-electron chi connectivity index (χ1n) is 8.66. The van der Waals surface area contributed by atoms with Crippen molar-refractivity contribution in [3.05, 3.63) is 46.1 Å². The third kappa shape index (κ3) is 2.70. The van der Waals surface area contributed by atoms with Gasteiger partial charge in [-0.05, 0) is 48.6 Å². The van der Waals surface area contributed by atoms with Gasteiger partial charge in [-0.1, -0.05) is 28.9 Å². The third-order valence-corrected chi connectivity index (χ3v) is 5.95. The molecule has 0 spiro atoms. The van der Waals surface area contributed by atoms with Crippen molar-refractivity contribution in [3.63, 3.8) is 0 Å². The summed E-state index contributed by atoms with van der Waals surface area (Å²) >= 11 is 3.71. The minimum atomic E-state index is 0.494. The molecule has 24 heavy (non-hydrogen) atoms. The molecule has 3 heterocycles. The van der Waals surface area contributed by atoms with E-state index in [0.717, 1.165) is 37.1 Å². The van der Waals surface area contributed by atoms with E-state index in [2.05, 4.69) is 74.0 Å². The summed E-state index contributed by atoms with van der Waals surface area (Å²) in [5.41, 5.74) is 5.17. The van der Waals surface area contributed by atoms with Gasteiger partial charge >= 0.3 is 0 Å². The van der Waals surface area contributed by atoms with Crippen molar-refractivity contribution in [2.45, 2.75) is 26.2 Å². The minimum Gasteiger partial charge on any atom is -0.354 e. The highest BCUT2D eigenvalue weighted by Crippen LogP contribution is 2.38. The van der Waals surface area contributed by atoms with Gasteiger partial charge in [0.25, 0.3) is 0 Å². The van der Waals surface area contributed by atoms with Crippen molar-refractivity contribution >= 4 is 21.8 Å². The van der Waals surface area contributed by atoms with Gasteiger partial charge < -0.3 is 10.2 Å². The third-order valence-electron chi connectivity index (χ3n) is 5.09. The zero-order valence-corrected chi connectivity index (χ0v) is 15.8. The normalized spacial score (nSPS) is 20.7. The van der Waals surface area contributed by atoms with Crippen LogP contribution in [0.5, 0.6) is 0 Å². The lowest BCUT2D eigenvalue weighted by molar-refractivity contribution is 0.323. The summed E-state index contributed by atoms with van der Waals surface area (Å²) in [6.45, 7) is 8.61. The van der Waals surface area contributed by atoms with E-state index in [0.29, 0.717) is 5.92 Å². The molecular formula is C19H23BrN4. The van der Waals surface area contributed by atoms with E-state index in [4.69, 9.17) is 0 Å². The van der Waals surface area contributed by atoms with Gasteiger partial charge in [0.1, 0.15) is 5.82 Å². The SMILES string of the molecule is Cc1cc2c(cc1Br)-c1ccnn1C(N1CCNCC1)=CCC2C. The van der Waals surface area contributed by atoms with Gasteiger partial charge in [-0.25, -0.2) is 4.68 Å². The molecule has 1 aromatic heterocycles. The lowest BCUT2D eigenvalue weighted by Crippen LogP contribution is -2.43. The highest BCUT2D eigenvalue weighted by Gasteiger charge is 2.24. The van der Waals surface area contributed by atoms with E-state index in [1.807, 2.05) is 6.20 Å². The maximum atomic E-state index is 4.66. The van der Waals surface area contributed by atoms with E-state index < -0.39 is 0 Å². The number of aryl methyl sites for hydroxylation is 1. The lowest BCUT2D eigenvalue weighted by atomic mass is 9.89. The Morgan fingerprint density at radius 2 is 2.04 bits per heavy atom. The summed E-state index contributed by atoms with van der Waals surface area (Å²) < 4.78 is 3.28. The summed E-state index contributed by atoms with van der Waals surface area (Å²) in [5.74, 6) is 1.72. The zero-order chi connectivity index (χ0) is 16.7. The van der Waals surface area contributed by atoms with Gasteiger partial charge in [-0.15, -0.1) is 0 Å². The van der Waals surface area contributed by atoms with Gasteiger partial charge in [0.05, 0.1) is 11.9 Å². The molecule has 4 nitrogen and oxygen atoms in total. The first-order valence-corrected chi connectivity index (χ1v) is 9.45. The monoisotopic (exact) mass is 386 g/mol. The van der Waals surface area contributed by atoms with Crippen molar-refractivity contribution in [2.75, 3.05) is 26.2 Å². The molecule has 126 valence electrons. The summed E-state index contributed by atoms with van der Waals surface area (Å²) in [6, 6.07) is 6.72. The first-order chi connectivity index (χ1) is 11.6. The van der Waals surface area contributed by atoms with E-state index in [1.54, 1.807) is 0 Å². The number of rotatable bonds is 1. The number of piperazine rings is 1. The number of hydrogen-bond donors (Lipinski definition) is 1. The quantitative estimate of drug-likeness (QED) is 0.808. The number of aromatic nitrogens is 2. The Balaban J connectivity index is 1.86. The second-order valence-electron chi connectivity index (χ2n) is 6.75. The Morgan fingerprint density at radius 1 is 1.25 bits per heavy atom. The maximum Gasteiger partial charge on any atom is 0.126 e. The highest BCUT2D eigenvalue weighted by atomic mass is 79.9. The van der Waals surface area contributed by atoms with E-state index >= 15 is 0 Å². The van der Waals surface area contributed by atoms with Crippen LogP contribution in [0.2, 0.25) is 0 Å². The van der Waals surface area contributed by atoms with Crippen LogP contribution >= 0.6 is 15.9 Å². The van der Waals surface area contributed by atoms with Gasteiger partial charge in [-0.3, -0.25) is 0 Å². The fourth-order valence-corrected chi connectivity index (χ4v) is 4.02. The molecule has 0 radical (unpaired) electrons. The molecule has 2 aromatic rings. The molecule has 4 rings (SSSR count). The molecule has 1 unspecified atom stereocenters. The second-order valence-corrected chi connectivity index (χ2v) is 7.61. The van der Waals surface area contributed by atoms with Crippen LogP contribution in [0.4, 0.5) is 0 Å². The van der Waals surface area contributed by atoms with Crippen molar-refractivity contribution in [1.82, 2.24) is 20.0 Å². The van der Waals surface area contributed by atoms with Crippen LogP contribution in [0, 0.1) is 6.92 Å². The Labute approximate surface area is 151 Å². The molecule has 0 amide bonds. The molecule has 1 saturated heterocycles. The maximum absolute atomic E-state index is 4.66. The van der Waals surface area contributed by atoms with Crippen LogP contribution in [-0.2, 0) is 0 Å². The fourth-order valence-electron chi connectivity index (χ4n) is 3.68. The summed E-state index contributed by atoms with van der Waals surface area (Å²) in [7, 11) is 0. The topological polar surface area (TPSA) is 33.1 Å². The molecule has 0 saturated carbocycles. The molecule has 1 atom stereocenters. The molecule has 5 heteroatoms. The zero-order valence-electron chi connectivity index (χ0n) is 14.2. The molecule has 1 fully saturated rings. The number of allylic oxidation sites excluding steroid dienone is 1. The van der Waals surface area contributed by atoms with Crippen molar-refractivity contribution in [2.24, 2.45) is 0 Å². The summed E-state index contributed by atoms with van der Waals surface area (Å²) in [6.07, 6.45) is 5.32. The van der Waals surface area contributed by atoms with Gasteiger partial charge in [0.2, 0.25) is 0 Å². The van der Waals surface area contributed by atoms with Gasteiger partial charge in [-0.2, -0.15) is 5.10 Å². The average molecular weight is 387 g/mol. The van der Waals surface area contributed by atoms with E-state index in [1.165, 1.54) is 28.2 Å². The number of halogens is 1. The van der Waals surface area contributed by atoms with Crippen LogP contribution in [-0.4, -0.2) is 40.9 Å². The van der Waals surface area contributed by atoms with Gasteiger partial charge in [0, 0.05) is 36.2 Å². The van der Waals surface area contributed by atoms with Crippen molar-refractivity contribution in [1.29, 1.82) is 0 Å². The van der Waals surface area contributed by atoms with Crippen LogP contribution in [0.3, 0.4) is 0 Å². The van der Waals surface area contributed by atoms with E-state index in [9.17, 15) is 0 Å². The largest absolute Gasteiger partial charge is 0.354 e. The number of hydrogen-bond acceptors (Lipinski definition) is 3. The Kier molecular flexibility index (Phi) is 4.22. The van der Waals surface area contributed by atoms with Crippen LogP contribution < -0.4 is 5.32 Å². The van der Waals surface area contributed by atoms with Gasteiger partial charge in [0.15, 0.2) is 0 Å². The lowest BCUT2D eigenvalue weighted by Gasteiger charge is -2.33. The Bertz CT molecular complexity index is 787. The predicted molar refractivity (Wildman–Crippen MR) is 102 cm³/mol. The molecule has 0 bridgehead atoms. The molecule has 1 N–H and O–H groups in total. The molecule has 1 aromatic carbocycles. The molecular weight excluding hydrogens is 364 g/mol. The molecule has 2 aliphatic heterocycles. The second kappa shape index (κ2) is 6.37. The number of nitrogens with zero attached hydrogens (tertiary/aromatic N) is 3. The van der Waals surface area contributed by atoms with Crippen molar-refractivity contribution in [3.8, 4) is 11.3 Å². The number of benzene rings is 1. The molecule has 2 aliphatic rings. The summed E-state index contributed by atoms with van der Waals surface area (Å²) in [5, 5.41) is 8.09. The predicted octanol–water partition coefficient (Wildman–Crippen LogP) is 3.83.